The average molecular weight is 387 g/mol. The number of halogens is 3. The second-order valence-corrected chi connectivity index (χ2v) is 6.17. The van der Waals surface area contributed by atoms with Crippen molar-refractivity contribution in [2.75, 3.05) is 17.6 Å². The van der Waals surface area contributed by atoms with Gasteiger partial charge in [0.25, 0.3) is 5.91 Å². The van der Waals surface area contributed by atoms with Crippen molar-refractivity contribution in [3.63, 3.8) is 0 Å². The van der Waals surface area contributed by atoms with E-state index >= 15 is 0 Å². The molecule has 0 heterocycles. The Morgan fingerprint density at radius 3 is 2.17 bits per heavy atom. The van der Waals surface area contributed by atoms with Gasteiger partial charge in [0.15, 0.2) is 0 Å². The molecule has 0 saturated heterocycles. The molecule has 8 heteroatoms. The van der Waals surface area contributed by atoms with Crippen molar-refractivity contribution in [3.8, 4) is 0 Å². The summed E-state index contributed by atoms with van der Waals surface area (Å²) in [4.78, 5) is 23.8. The van der Waals surface area contributed by atoms with Crippen LogP contribution < -0.4 is 16.4 Å². The quantitative estimate of drug-likeness (QED) is 0.679. The van der Waals surface area contributed by atoms with Crippen molar-refractivity contribution in [2.24, 2.45) is 0 Å². The lowest BCUT2D eigenvalue weighted by atomic mass is 10.2. The maximum atomic E-state index is 11.9. The summed E-state index contributed by atoms with van der Waals surface area (Å²) < 4.78 is 0. The summed E-state index contributed by atoms with van der Waals surface area (Å²) >= 11 is 17.6. The van der Waals surface area contributed by atoms with Gasteiger partial charge in [0.1, 0.15) is 0 Å². The van der Waals surface area contributed by atoms with E-state index in [1.807, 2.05) is 0 Å². The summed E-state index contributed by atoms with van der Waals surface area (Å²) in [5.41, 5.74) is 6.79. The number of benzene rings is 2. The Kier molecular flexibility index (Phi) is 6.31. The van der Waals surface area contributed by atoms with Crippen LogP contribution in [0.4, 0.5) is 11.4 Å². The first-order valence-corrected chi connectivity index (χ1v) is 8.08. The second-order valence-electron chi connectivity index (χ2n) is 4.91. The van der Waals surface area contributed by atoms with Gasteiger partial charge in [-0.25, -0.2) is 0 Å². The van der Waals surface area contributed by atoms with E-state index in [-0.39, 0.29) is 40.5 Å². The summed E-state index contributed by atoms with van der Waals surface area (Å²) in [6.45, 7) is 0.184. The third kappa shape index (κ3) is 5.03. The summed E-state index contributed by atoms with van der Waals surface area (Å²) in [5.74, 6) is -0.568. The molecule has 0 atom stereocenters. The number of rotatable bonds is 5. The minimum Gasteiger partial charge on any atom is -0.396 e. The lowest BCUT2D eigenvalue weighted by Crippen LogP contribution is -2.27. The molecular weight excluding hydrogens is 373 g/mol. The van der Waals surface area contributed by atoms with Crippen LogP contribution in [0.15, 0.2) is 36.4 Å². The van der Waals surface area contributed by atoms with Gasteiger partial charge >= 0.3 is 0 Å². The molecule has 0 aliphatic heterocycles. The number of nitrogen functional groups attached to an aromatic ring is 1. The predicted octanol–water partition coefficient (Wildman–Crippen LogP) is 3.99. The second kappa shape index (κ2) is 8.24. The largest absolute Gasteiger partial charge is 0.396 e. The topological polar surface area (TPSA) is 84.2 Å². The van der Waals surface area contributed by atoms with Gasteiger partial charge in [-0.3, -0.25) is 9.59 Å². The molecule has 2 aromatic rings. The number of amides is 2. The zero-order valence-corrected chi connectivity index (χ0v) is 14.7. The molecule has 0 fully saturated rings. The standard InChI is InChI=1S/C16H14Cl3N3O2/c17-10-3-1-9(2-4-10)16(24)21-6-5-14(23)22-11-7-12(18)15(20)13(19)8-11/h1-4,7-8H,5-6,20H2,(H,21,24)(H,22,23). The highest BCUT2D eigenvalue weighted by Gasteiger charge is 2.09. The molecule has 0 bridgehead atoms. The van der Waals surface area contributed by atoms with Crippen molar-refractivity contribution < 1.29 is 9.59 Å². The maximum absolute atomic E-state index is 11.9. The van der Waals surface area contributed by atoms with Gasteiger partial charge in [0.2, 0.25) is 5.91 Å². The Labute approximate surface area is 154 Å². The molecule has 0 radical (unpaired) electrons. The zero-order chi connectivity index (χ0) is 17.7. The highest BCUT2D eigenvalue weighted by molar-refractivity contribution is 6.39. The molecule has 0 unspecified atom stereocenters. The van der Waals surface area contributed by atoms with Crippen LogP contribution in [0.25, 0.3) is 0 Å². The fourth-order valence-corrected chi connectivity index (χ4v) is 2.49. The van der Waals surface area contributed by atoms with Crippen LogP contribution in [0.2, 0.25) is 15.1 Å². The molecule has 2 aromatic carbocycles. The fourth-order valence-electron chi connectivity index (χ4n) is 1.87. The van der Waals surface area contributed by atoms with Crippen LogP contribution in [0.1, 0.15) is 16.8 Å². The van der Waals surface area contributed by atoms with E-state index < -0.39 is 0 Å². The molecular formula is C16H14Cl3N3O2. The fraction of sp³-hybridized carbons (Fsp3) is 0.125. The molecule has 4 N–H and O–H groups in total. The van der Waals surface area contributed by atoms with Crippen LogP contribution in [-0.2, 0) is 4.79 Å². The third-order valence-corrected chi connectivity index (χ3v) is 3.98. The van der Waals surface area contributed by atoms with Gasteiger partial charge < -0.3 is 16.4 Å². The number of hydrogen-bond donors (Lipinski definition) is 3. The van der Waals surface area contributed by atoms with E-state index in [1.165, 1.54) is 12.1 Å². The first-order valence-electron chi connectivity index (χ1n) is 6.95. The van der Waals surface area contributed by atoms with Crippen LogP contribution >= 0.6 is 34.8 Å². The van der Waals surface area contributed by atoms with E-state index in [4.69, 9.17) is 40.5 Å². The SMILES string of the molecule is Nc1c(Cl)cc(NC(=O)CCNC(=O)c2ccc(Cl)cc2)cc1Cl. The first-order chi connectivity index (χ1) is 11.4. The summed E-state index contributed by atoms with van der Waals surface area (Å²) in [6, 6.07) is 9.47. The van der Waals surface area contributed by atoms with Crippen molar-refractivity contribution >= 4 is 58.0 Å². The van der Waals surface area contributed by atoms with E-state index in [2.05, 4.69) is 10.6 Å². The van der Waals surface area contributed by atoms with E-state index in [0.717, 1.165) is 0 Å². The van der Waals surface area contributed by atoms with E-state index in [9.17, 15) is 9.59 Å². The molecule has 24 heavy (non-hydrogen) atoms. The summed E-state index contributed by atoms with van der Waals surface area (Å²) in [6.07, 6.45) is 0.0962. The molecule has 5 nitrogen and oxygen atoms in total. The minimum absolute atomic E-state index is 0.0962. The molecule has 0 aromatic heterocycles. The van der Waals surface area contributed by atoms with Crippen molar-refractivity contribution in [1.29, 1.82) is 0 Å². The van der Waals surface area contributed by atoms with E-state index in [1.54, 1.807) is 24.3 Å². The Morgan fingerprint density at radius 2 is 1.58 bits per heavy atom. The smallest absolute Gasteiger partial charge is 0.251 e. The van der Waals surface area contributed by atoms with Gasteiger partial charge in [0.05, 0.1) is 15.7 Å². The first kappa shape index (κ1) is 18.4. The summed E-state index contributed by atoms with van der Waals surface area (Å²) in [7, 11) is 0. The Balaban J connectivity index is 1.83. The van der Waals surface area contributed by atoms with E-state index in [0.29, 0.717) is 16.3 Å². The highest BCUT2D eigenvalue weighted by Crippen LogP contribution is 2.31. The lowest BCUT2D eigenvalue weighted by molar-refractivity contribution is -0.116. The Morgan fingerprint density at radius 1 is 1.00 bits per heavy atom. The molecule has 2 amide bonds. The van der Waals surface area contributed by atoms with Crippen LogP contribution in [0.3, 0.4) is 0 Å². The number of hydrogen-bond acceptors (Lipinski definition) is 3. The number of nitrogens with two attached hydrogens (primary N) is 1. The number of carbonyl (C=O) groups is 2. The molecule has 126 valence electrons. The molecule has 0 saturated carbocycles. The Bertz CT molecular complexity index is 741. The van der Waals surface area contributed by atoms with Crippen molar-refractivity contribution in [1.82, 2.24) is 5.32 Å². The minimum atomic E-state index is -0.289. The molecule has 0 aliphatic rings. The Hall–Kier alpha value is -1.95. The molecule has 2 rings (SSSR count). The number of nitrogens with one attached hydrogen (secondary N) is 2. The van der Waals surface area contributed by atoms with Crippen LogP contribution in [0, 0.1) is 0 Å². The van der Waals surface area contributed by atoms with Gasteiger partial charge in [0, 0.05) is 29.2 Å². The van der Waals surface area contributed by atoms with Gasteiger partial charge in [-0.05, 0) is 36.4 Å². The van der Waals surface area contributed by atoms with Gasteiger partial charge in [-0.1, -0.05) is 34.8 Å². The zero-order valence-electron chi connectivity index (χ0n) is 12.4. The predicted molar refractivity (Wildman–Crippen MR) is 97.9 cm³/mol. The monoisotopic (exact) mass is 385 g/mol. The number of carbonyl (C=O) groups excluding carboxylic acids is 2. The van der Waals surface area contributed by atoms with Crippen molar-refractivity contribution in [2.45, 2.75) is 6.42 Å². The highest BCUT2D eigenvalue weighted by atomic mass is 35.5. The molecule has 0 spiro atoms. The third-order valence-electron chi connectivity index (χ3n) is 3.11. The van der Waals surface area contributed by atoms with Crippen molar-refractivity contribution in [3.05, 3.63) is 57.0 Å². The average Bonchev–Trinajstić information content (AvgIpc) is 2.53. The molecule has 0 aliphatic carbocycles. The summed E-state index contributed by atoms with van der Waals surface area (Å²) in [5, 5.41) is 6.36. The lowest BCUT2D eigenvalue weighted by Gasteiger charge is -2.09. The van der Waals surface area contributed by atoms with Gasteiger partial charge in [-0.2, -0.15) is 0 Å². The normalized spacial score (nSPS) is 10.3. The maximum Gasteiger partial charge on any atom is 0.251 e. The van der Waals surface area contributed by atoms with Crippen LogP contribution in [0.5, 0.6) is 0 Å². The number of anilines is 2. The van der Waals surface area contributed by atoms with Crippen LogP contribution in [-0.4, -0.2) is 18.4 Å². The van der Waals surface area contributed by atoms with Gasteiger partial charge in [-0.15, -0.1) is 0 Å².